The van der Waals surface area contributed by atoms with E-state index in [2.05, 4.69) is 31.1 Å². The lowest BCUT2D eigenvalue weighted by Crippen LogP contribution is -2.50. The fourth-order valence-electron chi connectivity index (χ4n) is 2.70. The summed E-state index contributed by atoms with van der Waals surface area (Å²) >= 11 is 0. The van der Waals surface area contributed by atoms with Crippen LogP contribution in [0.3, 0.4) is 0 Å². The van der Waals surface area contributed by atoms with Crippen molar-refractivity contribution in [2.45, 2.75) is 52.7 Å². The van der Waals surface area contributed by atoms with Gasteiger partial charge in [-0.05, 0) is 31.7 Å². The van der Waals surface area contributed by atoms with Crippen LogP contribution in [0.5, 0.6) is 0 Å². The molecule has 4 heteroatoms. The number of nitrogens with one attached hydrogen (secondary N) is 1. The number of piperidine rings is 1. The van der Waals surface area contributed by atoms with Gasteiger partial charge in [-0.2, -0.15) is 0 Å². The van der Waals surface area contributed by atoms with Gasteiger partial charge in [0, 0.05) is 25.0 Å². The predicted octanol–water partition coefficient (Wildman–Crippen LogP) is 1.49. The molecular formula is C15H30N2O2. The minimum atomic E-state index is -0.238. The molecule has 1 fully saturated rings. The summed E-state index contributed by atoms with van der Waals surface area (Å²) in [7, 11) is 2.09. The van der Waals surface area contributed by atoms with Crippen molar-refractivity contribution in [1.29, 1.82) is 0 Å². The Labute approximate surface area is 117 Å². The van der Waals surface area contributed by atoms with Gasteiger partial charge in [0.2, 0.25) is 5.91 Å². The van der Waals surface area contributed by atoms with Crippen molar-refractivity contribution in [3.63, 3.8) is 0 Å². The highest BCUT2D eigenvalue weighted by Gasteiger charge is 2.28. The SMILES string of the molecule is CC(C)C(=O)NC1CC(CC(O)C(C)C)CN(C)C1. The lowest BCUT2D eigenvalue weighted by atomic mass is 9.87. The van der Waals surface area contributed by atoms with Gasteiger partial charge in [0.15, 0.2) is 0 Å². The lowest BCUT2D eigenvalue weighted by Gasteiger charge is -2.37. The third-order valence-electron chi connectivity index (χ3n) is 3.93. The Morgan fingerprint density at radius 2 is 1.95 bits per heavy atom. The molecule has 3 atom stereocenters. The topological polar surface area (TPSA) is 52.6 Å². The molecule has 1 aliphatic rings. The number of nitrogens with zero attached hydrogens (tertiary/aromatic N) is 1. The molecule has 0 spiro atoms. The standard InChI is InChI=1S/C15H30N2O2/c1-10(2)14(18)7-12-6-13(9-17(5)8-12)16-15(19)11(3)4/h10-14,18H,6-9H2,1-5H3,(H,16,19). The third kappa shape index (κ3) is 5.49. The highest BCUT2D eigenvalue weighted by Crippen LogP contribution is 2.23. The minimum absolute atomic E-state index is 0.0342. The maximum absolute atomic E-state index is 11.8. The van der Waals surface area contributed by atoms with E-state index in [4.69, 9.17) is 0 Å². The molecule has 1 saturated heterocycles. The number of likely N-dealkylation sites (N-methyl/N-ethyl adjacent to an activating group) is 1. The number of aliphatic hydroxyl groups excluding tert-OH is 1. The van der Waals surface area contributed by atoms with E-state index in [1.165, 1.54) is 0 Å². The van der Waals surface area contributed by atoms with Crippen LogP contribution in [0.15, 0.2) is 0 Å². The maximum Gasteiger partial charge on any atom is 0.222 e. The fraction of sp³-hybridized carbons (Fsp3) is 0.933. The molecule has 112 valence electrons. The molecular weight excluding hydrogens is 240 g/mol. The normalized spacial score (nSPS) is 26.7. The van der Waals surface area contributed by atoms with Gasteiger partial charge in [0.05, 0.1) is 6.10 Å². The zero-order chi connectivity index (χ0) is 14.6. The number of aliphatic hydroxyl groups is 1. The van der Waals surface area contributed by atoms with Crippen LogP contribution in [-0.2, 0) is 4.79 Å². The number of hydrogen-bond donors (Lipinski definition) is 2. The quantitative estimate of drug-likeness (QED) is 0.796. The Morgan fingerprint density at radius 3 is 2.47 bits per heavy atom. The second kappa shape index (κ2) is 7.25. The molecule has 1 heterocycles. The molecule has 2 N–H and O–H groups in total. The average Bonchev–Trinajstić information content (AvgIpc) is 2.27. The van der Waals surface area contributed by atoms with Crippen molar-refractivity contribution in [2.75, 3.05) is 20.1 Å². The van der Waals surface area contributed by atoms with Crippen molar-refractivity contribution in [2.24, 2.45) is 17.8 Å². The van der Waals surface area contributed by atoms with Crippen molar-refractivity contribution in [1.82, 2.24) is 10.2 Å². The minimum Gasteiger partial charge on any atom is -0.393 e. The highest BCUT2D eigenvalue weighted by molar-refractivity contribution is 5.78. The van der Waals surface area contributed by atoms with Crippen LogP contribution in [0.25, 0.3) is 0 Å². The first-order valence-corrected chi connectivity index (χ1v) is 7.46. The average molecular weight is 270 g/mol. The number of carbonyl (C=O) groups excluding carboxylic acids is 1. The molecule has 0 aromatic heterocycles. The van der Waals surface area contributed by atoms with E-state index < -0.39 is 0 Å². The molecule has 0 aliphatic carbocycles. The van der Waals surface area contributed by atoms with Crippen LogP contribution in [0.1, 0.15) is 40.5 Å². The lowest BCUT2D eigenvalue weighted by molar-refractivity contribution is -0.125. The van der Waals surface area contributed by atoms with Gasteiger partial charge >= 0.3 is 0 Å². The van der Waals surface area contributed by atoms with Gasteiger partial charge < -0.3 is 15.3 Å². The summed E-state index contributed by atoms with van der Waals surface area (Å²) in [4.78, 5) is 14.0. The first kappa shape index (κ1) is 16.4. The van der Waals surface area contributed by atoms with Gasteiger partial charge in [0.25, 0.3) is 0 Å². The summed E-state index contributed by atoms with van der Waals surface area (Å²) in [6, 6.07) is 0.220. The van der Waals surface area contributed by atoms with E-state index in [9.17, 15) is 9.90 Å². The Bertz CT molecular complexity index is 292. The highest BCUT2D eigenvalue weighted by atomic mass is 16.3. The van der Waals surface area contributed by atoms with Crippen LogP contribution >= 0.6 is 0 Å². The summed E-state index contributed by atoms with van der Waals surface area (Å²) in [5.74, 6) is 0.931. The number of likely N-dealkylation sites (tertiary alicyclic amines) is 1. The van der Waals surface area contributed by atoms with Crippen molar-refractivity contribution < 1.29 is 9.90 Å². The van der Waals surface area contributed by atoms with E-state index in [0.29, 0.717) is 11.8 Å². The van der Waals surface area contributed by atoms with Gasteiger partial charge in [-0.25, -0.2) is 0 Å². The van der Waals surface area contributed by atoms with Crippen molar-refractivity contribution in [3.05, 3.63) is 0 Å². The monoisotopic (exact) mass is 270 g/mol. The molecule has 0 radical (unpaired) electrons. The summed E-state index contributed by atoms with van der Waals surface area (Å²) in [6.45, 7) is 9.86. The second-order valence-corrected chi connectivity index (χ2v) is 6.73. The molecule has 4 nitrogen and oxygen atoms in total. The van der Waals surface area contributed by atoms with E-state index in [1.54, 1.807) is 0 Å². The number of rotatable bonds is 5. The first-order valence-electron chi connectivity index (χ1n) is 7.46. The second-order valence-electron chi connectivity index (χ2n) is 6.73. The van der Waals surface area contributed by atoms with Crippen molar-refractivity contribution >= 4 is 5.91 Å². The number of amides is 1. The smallest absolute Gasteiger partial charge is 0.222 e. The maximum atomic E-state index is 11.8. The molecule has 0 aromatic carbocycles. The Hall–Kier alpha value is -0.610. The Balaban J connectivity index is 2.50. The van der Waals surface area contributed by atoms with Gasteiger partial charge in [-0.15, -0.1) is 0 Å². The van der Waals surface area contributed by atoms with Crippen LogP contribution in [0.4, 0.5) is 0 Å². The Kier molecular flexibility index (Phi) is 6.27. The molecule has 1 rings (SSSR count). The summed E-state index contributed by atoms with van der Waals surface area (Å²) in [6.07, 6.45) is 1.57. The first-order chi connectivity index (χ1) is 8.79. The largest absolute Gasteiger partial charge is 0.393 e. The summed E-state index contributed by atoms with van der Waals surface area (Å²) < 4.78 is 0. The predicted molar refractivity (Wildman–Crippen MR) is 77.8 cm³/mol. The summed E-state index contributed by atoms with van der Waals surface area (Å²) in [5.41, 5.74) is 0. The molecule has 19 heavy (non-hydrogen) atoms. The summed E-state index contributed by atoms with van der Waals surface area (Å²) in [5, 5.41) is 13.1. The molecule has 0 saturated carbocycles. The van der Waals surface area contributed by atoms with Gasteiger partial charge in [-0.1, -0.05) is 27.7 Å². The van der Waals surface area contributed by atoms with Crippen LogP contribution in [0.2, 0.25) is 0 Å². The van der Waals surface area contributed by atoms with Crippen LogP contribution in [0, 0.1) is 17.8 Å². The zero-order valence-electron chi connectivity index (χ0n) is 13.0. The molecule has 3 unspecified atom stereocenters. The van der Waals surface area contributed by atoms with Crippen LogP contribution < -0.4 is 5.32 Å². The fourth-order valence-corrected chi connectivity index (χ4v) is 2.70. The van der Waals surface area contributed by atoms with Gasteiger partial charge in [-0.3, -0.25) is 4.79 Å². The Morgan fingerprint density at radius 1 is 1.32 bits per heavy atom. The van der Waals surface area contributed by atoms with E-state index in [1.807, 2.05) is 13.8 Å². The molecule has 0 aromatic rings. The van der Waals surface area contributed by atoms with Crippen molar-refractivity contribution in [3.8, 4) is 0 Å². The van der Waals surface area contributed by atoms with E-state index in [-0.39, 0.29) is 24.0 Å². The number of hydrogen-bond acceptors (Lipinski definition) is 3. The number of carbonyl (C=O) groups is 1. The van der Waals surface area contributed by atoms with Gasteiger partial charge in [0.1, 0.15) is 0 Å². The molecule has 1 aliphatic heterocycles. The zero-order valence-corrected chi connectivity index (χ0v) is 13.0. The van der Waals surface area contributed by atoms with Crippen LogP contribution in [-0.4, -0.2) is 48.2 Å². The van der Waals surface area contributed by atoms with E-state index >= 15 is 0 Å². The molecule has 0 bridgehead atoms. The van der Waals surface area contributed by atoms with E-state index in [0.717, 1.165) is 25.9 Å². The third-order valence-corrected chi connectivity index (χ3v) is 3.93. The molecule has 1 amide bonds.